The lowest BCUT2D eigenvalue weighted by molar-refractivity contribution is -0.125. The van der Waals surface area contributed by atoms with Crippen LogP contribution in [-0.2, 0) is 23.1 Å². The van der Waals surface area contributed by atoms with Crippen LogP contribution in [0.1, 0.15) is 23.6 Å². The number of aryl methyl sites for hydroxylation is 1. The molecule has 2 amide bonds. The Morgan fingerprint density at radius 2 is 2.20 bits per heavy atom. The quantitative estimate of drug-likeness (QED) is 0.619. The van der Waals surface area contributed by atoms with Crippen molar-refractivity contribution in [2.45, 2.75) is 18.8 Å². The summed E-state index contributed by atoms with van der Waals surface area (Å²) in [5.74, 6) is -0.591. The van der Waals surface area contributed by atoms with E-state index in [9.17, 15) is 9.59 Å². The van der Waals surface area contributed by atoms with Crippen LogP contribution in [-0.4, -0.2) is 16.4 Å². The average molecular weight is 204 g/mol. The minimum atomic E-state index is -0.234. The number of rotatable bonds is 0. The third kappa shape index (κ3) is 1.02. The zero-order chi connectivity index (χ0) is 10.6. The Hall–Kier alpha value is -1.58. The van der Waals surface area contributed by atoms with Gasteiger partial charge in [0.15, 0.2) is 0 Å². The van der Waals surface area contributed by atoms with Gasteiger partial charge in [-0.2, -0.15) is 0 Å². The van der Waals surface area contributed by atoms with Gasteiger partial charge >= 0.3 is 0 Å². The van der Waals surface area contributed by atoms with Crippen molar-refractivity contribution in [1.82, 2.24) is 9.88 Å². The monoisotopic (exact) mass is 204 g/mol. The second kappa shape index (κ2) is 2.72. The van der Waals surface area contributed by atoms with Gasteiger partial charge in [-0.05, 0) is 24.5 Å². The number of carbonyl (C=O) groups excluding carboxylic acids is 2. The van der Waals surface area contributed by atoms with Gasteiger partial charge in [0.05, 0.1) is 11.8 Å². The number of aromatic nitrogens is 1. The van der Waals surface area contributed by atoms with Crippen LogP contribution in [0.4, 0.5) is 0 Å². The number of amides is 2. The van der Waals surface area contributed by atoms with E-state index in [1.54, 1.807) is 0 Å². The van der Waals surface area contributed by atoms with Crippen molar-refractivity contribution < 1.29 is 9.59 Å². The first kappa shape index (κ1) is 8.71. The van der Waals surface area contributed by atoms with Crippen molar-refractivity contribution in [2.24, 2.45) is 13.0 Å². The van der Waals surface area contributed by atoms with E-state index < -0.39 is 0 Å². The van der Waals surface area contributed by atoms with E-state index in [4.69, 9.17) is 0 Å². The molecule has 2 atom stereocenters. The highest BCUT2D eigenvalue weighted by Gasteiger charge is 2.45. The van der Waals surface area contributed by atoms with Gasteiger partial charge in [-0.25, -0.2) is 0 Å². The molecule has 0 radical (unpaired) electrons. The Labute approximate surface area is 87.3 Å². The molecule has 1 aliphatic carbocycles. The molecule has 15 heavy (non-hydrogen) atoms. The Balaban J connectivity index is 2.13. The topological polar surface area (TPSA) is 51.1 Å². The highest BCUT2D eigenvalue weighted by molar-refractivity contribution is 6.08. The fraction of sp³-hybridized carbons (Fsp3) is 0.455. The van der Waals surface area contributed by atoms with Gasteiger partial charge in [0.2, 0.25) is 11.8 Å². The summed E-state index contributed by atoms with van der Waals surface area (Å²) in [5, 5.41) is 2.42. The van der Waals surface area contributed by atoms with Gasteiger partial charge in [-0.3, -0.25) is 14.9 Å². The smallest absolute Gasteiger partial charge is 0.234 e. The number of nitrogens with zero attached hydrogens (tertiary/aromatic N) is 1. The highest BCUT2D eigenvalue weighted by atomic mass is 16.2. The van der Waals surface area contributed by atoms with E-state index in [1.165, 1.54) is 5.69 Å². The lowest BCUT2D eigenvalue weighted by Crippen LogP contribution is -2.23. The first-order chi connectivity index (χ1) is 7.18. The predicted octanol–water partition coefficient (Wildman–Crippen LogP) is 0.327. The molecule has 78 valence electrons. The Bertz CT molecular complexity index is 461. The van der Waals surface area contributed by atoms with Crippen LogP contribution >= 0.6 is 0 Å². The van der Waals surface area contributed by atoms with Gasteiger partial charge < -0.3 is 4.57 Å². The number of hydrogen-bond donors (Lipinski definition) is 1. The van der Waals surface area contributed by atoms with Gasteiger partial charge in [0.25, 0.3) is 0 Å². The van der Waals surface area contributed by atoms with Crippen LogP contribution < -0.4 is 5.32 Å². The number of hydrogen-bond acceptors (Lipinski definition) is 2. The lowest BCUT2D eigenvalue weighted by atomic mass is 9.79. The molecule has 0 saturated carbocycles. The molecule has 4 heteroatoms. The molecular weight excluding hydrogens is 192 g/mol. The molecule has 2 aliphatic rings. The largest absolute Gasteiger partial charge is 0.354 e. The van der Waals surface area contributed by atoms with Crippen molar-refractivity contribution in [3.8, 4) is 0 Å². The van der Waals surface area contributed by atoms with E-state index in [-0.39, 0.29) is 23.7 Å². The predicted molar refractivity (Wildman–Crippen MR) is 53.1 cm³/mol. The third-order valence-electron chi connectivity index (χ3n) is 3.53. The first-order valence-corrected chi connectivity index (χ1v) is 5.17. The molecule has 0 spiro atoms. The summed E-state index contributed by atoms with van der Waals surface area (Å²) in [6, 6.07) is 1.96. The second-order valence-corrected chi connectivity index (χ2v) is 4.31. The average Bonchev–Trinajstić information content (AvgIpc) is 2.70. The zero-order valence-electron chi connectivity index (χ0n) is 8.49. The summed E-state index contributed by atoms with van der Waals surface area (Å²) in [6.45, 7) is 0. The van der Waals surface area contributed by atoms with Crippen molar-refractivity contribution in [2.75, 3.05) is 0 Å². The van der Waals surface area contributed by atoms with Crippen LogP contribution in [0.5, 0.6) is 0 Å². The molecule has 1 aliphatic heterocycles. The molecule has 1 aromatic heterocycles. The highest BCUT2D eigenvalue weighted by Crippen LogP contribution is 2.39. The van der Waals surface area contributed by atoms with E-state index >= 15 is 0 Å². The summed E-state index contributed by atoms with van der Waals surface area (Å²) in [5.41, 5.74) is 2.23. The number of nitrogens with one attached hydrogen (secondary N) is 1. The van der Waals surface area contributed by atoms with E-state index in [2.05, 4.69) is 5.32 Å². The minimum absolute atomic E-state index is 0.0977. The Kier molecular flexibility index (Phi) is 1.58. The summed E-state index contributed by atoms with van der Waals surface area (Å²) >= 11 is 0. The fourth-order valence-corrected chi connectivity index (χ4v) is 2.76. The van der Waals surface area contributed by atoms with Crippen molar-refractivity contribution in [3.63, 3.8) is 0 Å². The van der Waals surface area contributed by atoms with E-state index in [1.807, 2.05) is 23.9 Å². The molecule has 0 bridgehead atoms. The van der Waals surface area contributed by atoms with Crippen LogP contribution in [0.15, 0.2) is 12.3 Å². The van der Waals surface area contributed by atoms with E-state index in [0.717, 1.165) is 18.4 Å². The van der Waals surface area contributed by atoms with Crippen LogP contribution in [0.2, 0.25) is 0 Å². The van der Waals surface area contributed by atoms with Crippen LogP contribution in [0, 0.1) is 5.92 Å². The molecule has 1 saturated heterocycles. The summed E-state index contributed by atoms with van der Waals surface area (Å²) < 4.78 is 2.04. The Morgan fingerprint density at radius 3 is 3.00 bits per heavy atom. The summed E-state index contributed by atoms with van der Waals surface area (Å²) in [7, 11) is 1.98. The number of fused-ring (bicyclic) bond motifs is 3. The molecule has 4 nitrogen and oxygen atoms in total. The van der Waals surface area contributed by atoms with Gasteiger partial charge in [0.1, 0.15) is 0 Å². The maximum absolute atomic E-state index is 11.6. The van der Waals surface area contributed by atoms with E-state index in [0.29, 0.717) is 0 Å². The van der Waals surface area contributed by atoms with Crippen LogP contribution in [0.25, 0.3) is 0 Å². The molecule has 0 aromatic carbocycles. The fourth-order valence-electron chi connectivity index (χ4n) is 2.76. The van der Waals surface area contributed by atoms with Crippen LogP contribution in [0.3, 0.4) is 0 Å². The molecule has 1 N–H and O–H groups in total. The molecule has 3 rings (SSSR count). The first-order valence-electron chi connectivity index (χ1n) is 5.17. The summed E-state index contributed by atoms with van der Waals surface area (Å²) in [6.07, 6.45) is 3.64. The maximum Gasteiger partial charge on any atom is 0.234 e. The van der Waals surface area contributed by atoms with Gasteiger partial charge in [-0.1, -0.05) is 0 Å². The third-order valence-corrected chi connectivity index (χ3v) is 3.53. The zero-order valence-corrected chi connectivity index (χ0v) is 8.49. The second-order valence-electron chi connectivity index (χ2n) is 4.31. The normalized spacial score (nSPS) is 28.6. The SMILES string of the molecule is Cn1ccc2c1CCC1C(=O)NC(=O)C21. The number of imide groups is 1. The molecule has 1 fully saturated rings. The number of carbonyl (C=O) groups is 2. The molecule has 2 unspecified atom stereocenters. The molecule has 1 aromatic rings. The molecular formula is C11H12N2O2. The van der Waals surface area contributed by atoms with Gasteiger partial charge in [-0.15, -0.1) is 0 Å². The van der Waals surface area contributed by atoms with Crippen molar-refractivity contribution >= 4 is 11.8 Å². The van der Waals surface area contributed by atoms with Crippen molar-refractivity contribution in [1.29, 1.82) is 0 Å². The van der Waals surface area contributed by atoms with Gasteiger partial charge in [0, 0.05) is 18.9 Å². The maximum atomic E-state index is 11.6. The molecule has 2 heterocycles. The van der Waals surface area contributed by atoms with Crippen molar-refractivity contribution in [3.05, 3.63) is 23.5 Å². The minimum Gasteiger partial charge on any atom is -0.354 e. The summed E-state index contributed by atoms with van der Waals surface area (Å²) in [4.78, 5) is 23.1. The Morgan fingerprint density at radius 1 is 1.40 bits per heavy atom. The standard InChI is InChI=1S/C11H12N2O2/c1-13-5-4-6-8(13)3-2-7-9(6)11(15)12-10(7)14/h4-5,7,9H,2-3H2,1H3,(H,12,14,15). The lowest BCUT2D eigenvalue weighted by Gasteiger charge is -2.22.